The third-order valence-electron chi connectivity index (χ3n) is 5.08. The predicted molar refractivity (Wildman–Crippen MR) is 109 cm³/mol. The van der Waals surface area contributed by atoms with Gasteiger partial charge in [-0.1, -0.05) is 6.07 Å². The topological polar surface area (TPSA) is 150 Å². The largest absolute Gasteiger partial charge is 0.382 e. The number of hydrogen-bond donors (Lipinski definition) is 4. The van der Waals surface area contributed by atoms with Crippen LogP contribution < -0.4 is 22.1 Å². The number of rotatable bonds is 6. The highest BCUT2D eigenvalue weighted by Crippen LogP contribution is 2.35. The van der Waals surface area contributed by atoms with Gasteiger partial charge in [0, 0.05) is 18.2 Å². The average Bonchev–Trinajstić information content (AvgIpc) is 3.27. The molecule has 1 unspecified atom stereocenters. The number of alkyl halides is 2. The van der Waals surface area contributed by atoms with E-state index in [1.165, 1.54) is 17.2 Å². The second-order valence-corrected chi connectivity index (χ2v) is 7.34. The molecular weight excluding hydrogens is 408 g/mol. The smallest absolute Gasteiger partial charge is 0.268 e. The van der Waals surface area contributed by atoms with Crippen LogP contribution in [0.4, 0.5) is 20.3 Å². The Morgan fingerprint density at radius 3 is 2.61 bits per heavy atom. The molecule has 0 spiro atoms. The van der Waals surface area contributed by atoms with Gasteiger partial charge in [-0.2, -0.15) is 15.0 Å². The van der Waals surface area contributed by atoms with Crippen molar-refractivity contribution in [2.24, 2.45) is 11.5 Å². The Balaban J connectivity index is 1.49. The minimum absolute atomic E-state index is 0.0186. The van der Waals surface area contributed by atoms with Crippen LogP contribution in [0, 0.1) is 0 Å². The Hall–Kier alpha value is -3.67. The molecule has 0 aliphatic heterocycles. The van der Waals surface area contributed by atoms with Crippen LogP contribution in [0.25, 0.3) is 5.69 Å². The maximum absolute atomic E-state index is 14.6. The van der Waals surface area contributed by atoms with Crippen LogP contribution in [-0.4, -0.2) is 54.9 Å². The number of nitrogens with one attached hydrogen (secondary N) is 2. The van der Waals surface area contributed by atoms with E-state index in [0.29, 0.717) is 17.8 Å². The van der Waals surface area contributed by atoms with Crippen molar-refractivity contribution < 1.29 is 13.6 Å². The fourth-order valence-corrected chi connectivity index (χ4v) is 3.58. The maximum atomic E-state index is 14.6. The Kier molecular flexibility index (Phi) is 5.46. The second kappa shape index (κ2) is 8.22. The summed E-state index contributed by atoms with van der Waals surface area (Å²) < 4.78 is 29.3. The first-order valence-electron chi connectivity index (χ1n) is 9.57. The Labute approximate surface area is 176 Å². The summed E-state index contributed by atoms with van der Waals surface area (Å²) in [5.74, 6) is -3.60. The molecule has 12 heteroatoms. The molecule has 4 rings (SSSR count). The van der Waals surface area contributed by atoms with Crippen molar-refractivity contribution >= 4 is 17.4 Å². The van der Waals surface area contributed by atoms with Gasteiger partial charge in [0.2, 0.25) is 0 Å². The number of benzene rings is 1. The Morgan fingerprint density at radius 2 is 1.94 bits per heavy atom. The highest BCUT2D eigenvalue weighted by molar-refractivity contribution is 5.90. The molecule has 6 N–H and O–H groups in total. The van der Waals surface area contributed by atoms with Crippen LogP contribution in [0.2, 0.25) is 0 Å². The number of nitrogens with zero attached hydrogens (tertiary/aromatic N) is 5. The summed E-state index contributed by atoms with van der Waals surface area (Å²) in [6, 6.07) is 4.44. The first-order chi connectivity index (χ1) is 14.8. The van der Waals surface area contributed by atoms with Crippen LogP contribution >= 0.6 is 0 Å². The van der Waals surface area contributed by atoms with Crippen molar-refractivity contribution in [1.82, 2.24) is 25.0 Å². The molecule has 0 bridgehead atoms. The number of carbonyl (C=O) groups is 1. The number of carbonyl (C=O) groups excluding carboxylic acids is 1. The Morgan fingerprint density at radius 1 is 1.16 bits per heavy atom. The molecule has 1 saturated carbocycles. The number of anilines is 2. The van der Waals surface area contributed by atoms with Crippen molar-refractivity contribution in [2.75, 3.05) is 10.6 Å². The van der Waals surface area contributed by atoms with E-state index in [0.717, 1.165) is 0 Å². The van der Waals surface area contributed by atoms with Gasteiger partial charge in [-0.3, -0.25) is 4.79 Å². The third kappa shape index (κ3) is 4.58. The number of nitrogens with two attached hydrogens (primary N) is 2. The first-order valence-corrected chi connectivity index (χ1v) is 9.57. The molecule has 31 heavy (non-hydrogen) atoms. The lowest BCUT2D eigenvalue weighted by atomic mass is 9.84. The molecule has 3 aromatic rings. The summed E-state index contributed by atoms with van der Waals surface area (Å²) in [6.07, 6.45) is 5.46. The number of aromatic nitrogens is 5. The van der Waals surface area contributed by atoms with E-state index in [4.69, 9.17) is 11.5 Å². The van der Waals surface area contributed by atoms with Crippen LogP contribution in [0.15, 0.2) is 49.1 Å². The van der Waals surface area contributed by atoms with Crippen LogP contribution in [0.5, 0.6) is 0 Å². The molecule has 1 aliphatic rings. The number of amides is 1. The molecule has 1 fully saturated rings. The number of halogens is 2. The maximum Gasteiger partial charge on any atom is 0.268 e. The third-order valence-corrected chi connectivity index (χ3v) is 5.08. The summed E-state index contributed by atoms with van der Waals surface area (Å²) in [5.41, 5.74) is 12.3. The van der Waals surface area contributed by atoms with Gasteiger partial charge in [0.15, 0.2) is 0 Å². The van der Waals surface area contributed by atoms with Crippen molar-refractivity contribution in [3.8, 4) is 5.69 Å². The van der Waals surface area contributed by atoms with Gasteiger partial charge >= 0.3 is 0 Å². The minimum Gasteiger partial charge on any atom is -0.382 e. The zero-order valence-electron chi connectivity index (χ0n) is 16.3. The average molecular weight is 429 g/mol. The summed E-state index contributed by atoms with van der Waals surface area (Å²) >= 11 is 0. The molecule has 2 aromatic heterocycles. The molecule has 162 valence electrons. The van der Waals surface area contributed by atoms with E-state index < -0.39 is 36.4 Å². The fourth-order valence-electron chi connectivity index (χ4n) is 3.58. The van der Waals surface area contributed by atoms with Gasteiger partial charge < -0.3 is 22.1 Å². The quantitative estimate of drug-likeness (QED) is 0.456. The van der Waals surface area contributed by atoms with Gasteiger partial charge in [-0.25, -0.2) is 18.7 Å². The zero-order chi connectivity index (χ0) is 22.0. The van der Waals surface area contributed by atoms with Crippen LogP contribution in [0.1, 0.15) is 23.3 Å². The SMILES string of the molecule is NC(=O)c1cnc(N[C@@H]2CC(Nc3cccc(-n4nccn4)c3)CC(F)(F)[C@@H]2N)cn1. The second-order valence-electron chi connectivity index (χ2n) is 7.34. The lowest BCUT2D eigenvalue weighted by molar-refractivity contribution is -0.0589. The van der Waals surface area contributed by atoms with Crippen molar-refractivity contribution in [2.45, 2.75) is 36.9 Å². The summed E-state index contributed by atoms with van der Waals surface area (Å²) in [7, 11) is 0. The number of hydrogen-bond acceptors (Lipinski definition) is 8. The monoisotopic (exact) mass is 429 g/mol. The zero-order valence-corrected chi connectivity index (χ0v) is 16.3. The molecule has 10 nitrogen and oxygen atoms in total. The van der Waals surface area contributed by atoms with Gasteiger partial charge in [0.1, 0.15) is 11.5 Å². The highest BCUT2D eigenvalue weighted by atomic mass is 19.3. The van der Waals surface area contributed by atoms with E-state index in [1.807, 2.05) is 6.07 Å². The van der Waals surface area contributed by atoms with Crippen molar-refractivity contribution in [3.63, 3.8) is 0 Å². The predicted octanol–water partition coefficient (Wildman–Crippen LogP) is 1.17. The molecule has 3 atom stereocenters. The van der Waals surface area contributed by atoms with E-state index in [9.17, 15) is 13.6 Å². The molecule has 1 aliphatic carbocycles. The van der Waals surface area contributed by atoms with Crippen molar-refractivity contribution in [1.29, 1.82) is 0 Å². The molecule has 0 radical (unpaired) electrons. The van der Waals surface area contributed by atoms with E-state index in [-0.39, 0.29) is 11.5 Å². The van der Waals surface area contributed by atoms with E-state index in [1.54, 1.807) is 30.6 Å². The highest BCUT2D eigenvalue weighted by Gasteiger charge is 2.48. The lowest BCUT2D eigenvalue weighted by Gasteiger charge is -2.40. The van der Waals surface area contributed by atoms with Gasteiger partial charge in [0.05, 0.1) is 42.6 Å². The van der Waals surface area contributed by atoms with Gasteiger partial charge in [-0.05, 0) is 24.6 Å². The van der Waals surface area contributed by atoms with Gasteiger partial charge in [0.25, 0.3) is 11.8 Å². The van der Waals surface area contributed by atoms with Crippen LogP contribution in [-0.2, 0) is 0 Å². The summed E-state index contributed by atoms with van der Waals surface area (Å²) in [5, 5.41) is 14.2. The summed E-state index contributed by atoms with van der Waals surface area (Å²) in [4.78, 5) is 20.4. The molecule has 0 saturated heterocycles. The fraction of sp³-hybridized carbons (Fsp3) is 0.316. The standard InChI is InChI=1S/C19H21F2N9O/c20-19(21)8-12(28-11-2-1-3-13(6-11)30-26-4-5-27-30)7-14(17(19)22)29-16-10-24-15(9-25-16)18(23)31/h1-6,9-10,12,14,17,28H,7-8,22H2,(H2,23,31)(H,25,29)/t12?,14-,17-/m1/s1. The number of primary amides is 1. The van der Waals surface area contributed by atoms with Crippen LogP contribution in [0.3, 0.4) is 0 Å². The first kappa shape index (κ1) is 20.6. The normalized spacial score (nSPS) is 22.6. The molecule has 2 heterocycles. The Bertz CT molecular complexity index is 1040. The van der Waals surface area contributed by atoms with E-state index >= 15 is 0 Å². The van der Waals surface area contributed by atoms with Gasteiger partial charge in [-0.15, -0.1) is 0 Å². The molecule has 1 aromatic carbocycles. The molecular formula is C19H21F2N9O. The molecule has 1 amide bonds. The van der Waals surface area contributed by atoms with E-state index in [2.05, 4.69) is 30.8 Å². The lowest BCUT2D eigenvalue weighted by Crippen LogP contribution is -2.59. The minimum atomic E-state index is -3.10. The van der Waals surface area contributed by atoms with Crippen molar-refractivity contribution in [3.05, 3.63) is 54.7 Å². The summed E-state index contributed by atoms with van der Waals surface area (Å²) in [6.45, 7) is 0.